The van der Waals surface area contributed by atoms with Gasteiger partial charge in [-0.25, -0.2) is 15.0 Å². The number of esters is 1. The zero-order valence-electron chi connectivity index (χ0n) is 20.5. The van der Waals surface area contributed by atoms with E-state index in [1.807, 2.05) is 0 Å². The lowest BCUT2D eigenvalue weighted by atomic mass is 10.1. The Hall–Kier alpha value is -4.74. The van der Waals surface area contributed by atoms with E-state index < -0.39 is 24.0 Å². The summed E-state index contributed by atoms with van der Waals surface area (Å²) in [6, 6.07) is 10.1. The summed E-state index contributed by atoms with van der Waals surface area (Å²) in [5.41, 5.74) is -0.0906. The second-order valence-corrected chi connectivity index (χ2v) is 7.66. The van der Waals surface area contributed by atoms with Crippen LogP contribution in [0.25, 0.3) is 21.9 Å². The number of amides is 1. The van der Waals surface area contributed by atoms with Crippen molar-refractivity contribution in [1.29, 1.82) is 0 Å². The number of methoxy groups -OCH3 is 2. The molecule has 4 aromatic rings. The Bertz CT molecular complexity index is 1500. The molecule has 1 aromatic carbocycles. The predicted octanol–water partition coefficient (Wildman–Crippen LogP) is 1.73. The number of nitrogens with zero attached hydrogens (tertiary/aromatic N) is 4. The molecule has 0 spiro atoms. The van der Waals surface area contributed by atoms with Crippen molar-refractivity contribution in [3.05, 3.63) is 58.8 Å². The number of rotatable bonds is 10. The quantitative estimate of drug-likeness (QED) is 0.191. The first kappa shape index (κ1) is 25.4. The Morgan fingerprint density at radius 2 is 1.84 bits per heavy atom. The number of fused-ring (bicyclic) bond motifs is 2. The van der Waals surface area contributed by atoms with Crippen LogP contribution in [0.1, 0.15) is 17.5 Å². The third kappa shape index (κ3) is 5.58. The summed E-state index contributed by atoms with van der Waals surface area (Å²) in [7, 11) is 3.00. The molecule has 4 rings (SSSR count). The van der Waals surface area contributed by atoms with E-state index in [4.69, 9.17) is 18.9 Å². The number of hydrogen-bond acceptors (Lipinski definition) is 10. The molecule has 12 heteroatoms. The highest BCUT2D eigenvalue weighted by atomic mass is 16.5. The van der Waals surface area contributed by atoms with Gasteiger partial charge in [0.1, 0.15) is 13.2 Å². The Morgan fingerprint density at radius 3 is 2.54 bits per heavy atom. The second-order valence-electron chi connectivity index (χ2n) is 7.66. The molecule has 0 bridgehead atoms. The average molecular weight is 508 g/mol. The fourth-order valence-electron chi connectivity index (χ4n) is 3.62. The molecule has 0 saturated carbocycles. The highest BCUT2D eigenvalue weighted by Crippen LogP contribution is 2.32. The Balaban J connectivity index is 1.71. The molecule has 0 fully saturated rings. The molecular formula is C25H25N5O7. The fraction of sp³-hybridized carbons (Fsp3) is 0.280. The maximum atomic E-state index is 13.4. The second kappa shape index (κ2) is 11.3. The first-order valence-electron chi connectivity index (χ1n) is 11.4. The van der Waals surface area contributed by atoms with E-state index in [1.165, 1.54) is 14.2 Å². The van der Waals surface area contributed by atoms with Gasteiger partial charge in [0.05, 0.1) is 38.3 Å². The molecule has 0 aliphatic rings. The summed E-state index contributed by atoms with van der Waals surface area (Å²) in [5, 5.41) is 3.36. The molecule has 0 unspecified atom stereocenters. The van der Waals surface area contributed by atoms with Crippen LogP contribution in [-0.4, -0.2) is 65.4 Å². The lowest BCUT2D eigenvalue weighted by Gasteiger charge is -2.14. The van der Waals surface area contributed by atoms with Gasteiger partial charge in [0.15, 0.2) is 17.1 Å². The number of benzene rings is 1. The van der Waals surface area contributed by atoms with E-state index in [2.05, 4.69) is 20.3 Å². The van der Waals surface area contributed by atoms with Gasteiger partial charge in [0, 0.05) is 23.7 Å². The summed E-state index contributed by atoms with van der Waals surface area (Å²) in [4.78, 5) is 51.6. The van der Waals surface area contributed by atoms with E-state index >= 15 is 0 Å². The van der Waals surface area contributed by atoms with E-state index in [1.54, 1.807) is 49.5 Å². The largest absolute Gasteiger partial charge is 0.493 e. The summed E-state index contributed by atoms with van der Waals surface area (Å²) in [6.07, 6.45) is 1.59. The van der Waals surface area contributed by atoms with Gasteiger partial charge in [-0.2, -0.15) is 0 Å². The number of carbonyl (C=O) groups excluding carboxylic acids is 2. The molecule has 0 atom stereocenters. The molecule has 0 aliphatic heterocycles. The van der Waals surface area contributed by atoms with Crippen molar-refractivity contribution >= 4 is 33.8 Å². The number of pyridine rings is 2. The van der Waals surface area contributed by atoms with Gasteiger partial charge in [0.25, 0.3) is 11.5 Å². The zero-order valence-corrected chi connectivity index (χ0v) is 20.5. The van der Waals surface area contributed by atoms with Crippen molar-refractivity contribution in [3.63, 3.8) is 0 Å². The van der Waals surface area contributed by atoms with Crippen LogP contribution in [0.4, 0.5) is 0 Å². The number of hydrogen-bond donors (Lipinski definition) is 1. The van der Waals surface area contributed by atoms with Crippen LogP contribution in [0, 0.1) is 0 Å². The minimum absolute atomic E-state index is 0.0414. The van der Waals surface area contributed by atoms with Crippen molar-refractivity contribution in [3.8, 4) is 17.4 Å². The predicted molar refractivity (Wildman–Crippen MR) is 133 cm³/mol. The highest BCUT2D eigenvalue weighted by Gasteiger charge is 2.21. The SMILES string of the molecule is CCOC(=O)Cn1c(C(=O)NCCOc2ccccn2)nc2nc3cc(OC)c(OC)cc3cc2c1=O. The Morgan fingerprint density at radius 1 is 1.05 bits per heavy atom. The van der Waals surface area contributed by atoms with Crippen molar-refractivity contribution in [2.75, 3.05) is 34.0 Å². The van der Waals surface area contributed by atoms with Gasteiger partial charge in [-0.1, -0.05) is 6.07 Å². The summed E-state index contributed by atoms with van der Waals surface area (Å²) < 4.78 is 22.1. The number of aromatic nitrogens is 4. The van der Waals surface area contributed by atoms with Crippen LogP contribution in [0.15, 0.2) is 47.4 Å². The Labute approximate surface area is 211 Å². The molecule has 12 nitrogen and oxygen atoms in total. The van der Waals surface area contributed by atoms with Crippen LogP contribution < -0.4 is 25.1 Å². The third-order valence-corrected chi connectivity index (χ3v) is 5.31. The standard InChI is InChI=1S/C25H25N5O7/c1-4-36-21(31)14-30-23(24(32)27-9-10-37-20-7-5-6-8-26-20)29-22-16(25(30)33)11-15-12-18(34-2)19(35-3)13-17(15)28-22/h5-8,11-13H,4,9-10,14H2,1-3H3,(H,27,32). The highest BCUT2D eigenvalue weighted by molar-refractivity contribution is 5.96. The van der Waals surface area contributed by atoms with Gasteiger partial charge >= 0.3 is 5.97 Å². The van der Waals surface area contributed by atoms with Gasteiger partial charge in [-0.05, 0) is 25.1 Å². The van der Waals surface area contributed by atoms with E-state index in [0.29, 0.717) is 28.3 Å². The molecule has 1 amide bonds. The van der Waals surface area contributed by atoms with Gasteiger partial charge in [-0.15, -0.1) is 0 Å². The molecule has 37 heavy (non-hydrogen) atoms. The fourth-order valence-corrected chi connectivity index (χ4v) is 3.62. The van der Waals surface area contributed by atoms with Crippen LogP contribution in [0.5, 0.6) is 17.4 Å². The number of nitrogens with one attached hydrogen (secondary N) is 1. The van der Waals surface area contributed by atoms with E-state index in [0.717, 1.165) is 4.57 Å². The van der Waals surface area contributed by atoms with Crippen LogP contribution >= 0.6 is 0 Å². The maximum Gasteiger partial charge on any atom is 0.326 e. The van der Waals surface area contributed by atoms with Crippen molar-refractivity contribution < 1.29 is 28.5 Å². The monoisotopic (exact) mass is 507 g/mol. The lowest BCUT2D eigenvalue weighted by molar-refractivity contribution is -0.143. The molecule has 0 saturated heterocycles. The molecule has 3 aromatic heterocycles. The van der Waals surface area contributed by atoms with Crippen LogP contribution in [-0.2, 0) is 16.1 Å². The molecule has 0 radical (unpaired) electrons. The molecule has 0 aliphatic carbocycles. The first-order valence-corrected chi connectivity index (χ1v) is 11.4. The molecule has 3 heterocycles. The number of carbonyl (C=O) groups is 2. The van der Waals surface area contributed by atoms with Crippen LogP contribution in [0.2, 0.25) is 0 Å². The van der Waals surface area contributed by atoms with Crippen molar-refractivity contribution in [2.45, 2.75) is 13.5 Å². The van der Waals surface area contributed by atoms with E-state index in [-0.39, 0.29) is 36.6 Å². The summed E-state index contributed by atoms with van der Waals surface area (Å²) in [6.45, 7) is 1.50. The topological polar surface area (TPSA) is 144 Å². The smallest absolute Gasteiger partial charge is 0.326 e. The maximum absolute atomic E-state index is 13.4. The molecule has 1 N–H and O–H groups in total. The average Bonchev–Trinajstić information content (AvgIpc) is 2.91. The lowest BCUT2D eigenvalue weighted by Crippen LogP contribution is -2.37. The molecular weight excluding hydrogens is 482 g/mol. The van der Waals surface area contributed by atoms with Crippen LogP contribution in [0.3, 0.4) is 0 Å². The minimum Gasteiger partial charge on any atom is -0.493 e. The third-order valence-electron chi connectivity index (χ3n) is 5.31. The van der Waals surface area contributed by atoms with Crippen molar-refractivity contribution in [2.24, 2.45) is 0 Å². The van der Waals surface area contributed by atoms with Gasteiger partial charge in [0.2, 0.25) is 11.7 Å². The minimum atomic E-state index is -0.682. The Kier molecular flexibility index (Phi) is 7.77. The zero-order chi connectivity index (χ0) is 26.4. The van der Waals surface area contributed by atoms with Gasteiger partial charge in [-0.3, -0.25) is 19.0 Å². The van der Waals surface area contributed by atoms with Gasteiger partial charge < -0.3 is 24.3 Å². The van der Waals surface area contributed by atoms with E-state index in [9.17, 15) is 14.4 Å². The summed E-state index contributed by atoms with van der Waals surface area (Å²) in [5.74, 6) is -0.331. The molecule has 192 valence electrons. The number of ether oxygens (including phenoxy) is 4. The van der Waals surface area contributed by atoms with Crippen molar-refractivity contribution in [1.82, 2.24) is 24.8 Å². The summed E-state index contributed by atoms with van der Waals surface area (Å²) >= 11 is 0. The first-order chi connectivity index (χ1) is 17.9. The normalized spacial score (nSPS) is 10.8.